The van der Waals surface area contributed by atoms with Crippen LogP contribution in [0, 0.1) is 17.8 Å². The Hall–Kier alpha value is -2.04. The number of carbonyl (C=O) groups is 1. The fourth-order valence-corrected chi connectivity index (χ4v) is 3.62. The highest BCUT2D eigenvalue weighted by molar-refractivity contribution is 5.85. The second kappa shape index (κ2) is 5.06. The number of nitrogens with zero attached hydrogens (tertiary/aromatic N) is 1. The first-order chi connectivity index (χ1) is 10.3. The molecule has 5 nitrogen and oxygen atoms in total. The van der Waals surface area contributed by atoms with E-state index in [0.29, 0.717) is 11.8 Å². The van der Waals surface area contributed by atoms with Crippen molar-refractivity contribution >= 4 is 12.1 Å². The van der Waals surface area contributed by atoms with Crippen LogP contribution in [0.2, 0.25) is 0 Å². The smallest absolute Gasteiger partial charge is 0.243 e. The van der Waals surface area contributed by atoms with E-state index in [-0.39, 0.29) is 18.6 Å². The number of hydrogen-bond acceptors (Lipinski definition) is 4. The van der Waals surface area contributed by atoms with Gasteiger partial charge in [0.15, 0.2) is 11.5 Å². The largest absolute Gasteiger partial charge is 0.454 e. The molecule has 1 aromatic rings. The van der Waals surface area contributed by atoms with Crippen molar-refractivity contribution in [3.63, 3.8) is 0 Å². The van der Waals surface area contributed by atoms with Gasteiger partial charge in [-0.25, -0.2) is 5.43 Å². The van der Waals surface area contributed by atoms with E-state index in [2.05, 4.69) is 10.5 Å². The topological polar surface area (TPSA) is 59.9 Å². The van der Waals surface area contributed by atoms with Gasteiger partial charge in [0, 0.05) is 5.92 Å². The summed E-state index contributed by atoms with van der Waals surface area (Å²) in [5.41, 5.74) is 3.56. The zero-order valence-electron chi connectivity index (χ0n) is 11.7. The Morgan fingerprint density at radius 1 is 1.19 bits per heavy atom. The van der Waals surface area contributed by atoms with Crippen molar-refractivity contribution in [3.8, 4) is 11.5 Å². The van der Waals surface area contributed by atoms with E-state index < -0.39 is 0 Å². The third kappa shape index (κ3) is 2.37. The number of ether oxygens (including phenoxy) is 2. The molecule has 1 aromatic carbocycles. The zero-order valence-corrected chi connectivity index (χ0v) is 11.7. The molecular formula is C16H18N2O3. The molecule has 1 aliphatic heterocycles. The standard InChI is InChI=1S/C16H18N2O3/c19-16(15-11-3-1-2-4-12(11)15)18-17-8-10-5-6-13-14(7-10)21-9-20-13/h5-8,11-12,15H,1-4,9H2,(H,18,19)/b17-8+. The van der Waals surface area contributed by atoms with Gasteiger partial charge >= 0.3 is 0 Å². The Labute approximate surface area is 123 Å². The number of carbonyl (C=O) groups excluding carboxylic acids is 1. The molecule has 21 heavy (non-hydrogen) atoms. The molecule has 2 unspecified atom stereocenters. The van der Waals surface area contributed by atoms with Gasteiger partial charge in [-0.15, -0.1) is 0 Å². The van der Waals surface area contributed by atoms with Crippen molar-refractivity contribution in [2.24, 2.45) is 22.9 Å². The molecular weight excluding hydrogens is 268 g/mol. The lowest BCUT2D eigenvalue weighted by atomic mass is 10.0. The van der Waals surface area contributed by atoms with E-state index in [9.17, 15) is 4.79 Å². The predicted molar refractivity (Wildman–Crippen MR) is 77.2 cm³/mol. The summed E-state index contributed by atoms with van der Waals surface area (Å²) in [4.78, 5) is 12.1. The molecule has 0 bridgehead atoms. The number of hydrazone groups is 1. The number of amides is 1. The van der Waals surface area contributed by atoms with Crippen LogP contribution in [0.5, 0.6) is 11.5 Å². The molecule has 2 aliphatic carbocycles. The number of benzene rings is 1. The highest BCUT2D eigenvalue weighted by Crippen LogP contribution is 2.55. The average Bonchev–Trinajstić information content (AvgIpc) is 3.06. The molecule has 0 aromatic heterocycles. The summed E-state index contributed by atoms with van der Waals surface area (Å²) in [5.74, 6) is 2.96. The fourth-order valence-electron chi connectivity index (χ4n) is 3.62. The van der Waals surface area contributed by atoms with Crippen LogP contribution in [0.1, 0.15) is 31.2 Å². The maximum Gasteiger partial charge on any atom is 0.243 e. The number of fused-ring (bicyclic) bond motifs is 2. The van der Waals surface area contributed by atoms with Gasteiger partial charge in [-0.3, -0.25) is 4.79 Å². The molecule has 1 heterocycles. The number of nitrogens with one attached hydrogen (secondary N) is 1. The van der Waals surface area contributed by atoms with Gasteiger partial charge in [0.1, 0.15) is 0 Å². The van der Waals surface area contributed by atoms with Crippen molar-refractivity contribution < 1.29 is 14.3 Å². The van der Waals surface area contributed by atoms with Gasteiger partial charge < -0.3 is 9.47 Å². The lowest BCUT2D eigenvalue weighted by molar-refractivity contribution is -0.122. The summed E-state index contributed by atoms with van der Waals surface area (Å²) >= 11 is 0. The molecule has 1 N–H and O–H groups in total. The van der Waals surface area contributed by atoms with Gasteiger partial charge in [0.2, 0.25) is 12.7 Å². The minimum absolute atomic E-state index is 0.0730. The molecule has 5 heteroatoms. The number of hydrogen-bond donors (Lipinski definition) is 1. The first kappa shape index (κ1) is 12.7. The lowest BCUT2D eigenvalue weighted by Gasteiger charge is -2.04. The first-order valence-corrected chi connectivity index (χ1v) is 7.55. The Morgan fingerprint density at radius 2 is 1.95 bits per heavy atom. The van der Waals surface area contributed by atoms with Crippen molar-refractivity contribution in [2.45, 2.75) is 25.7 Å². The summed E-state index contributed by atoms with van der Waals surface area (Å²) < 4.78 is 10.6. The van der Waals surface area contributed by atoms with Gasteiger partial charge in [-0.1, -0.05) is 12.8 Å². The normalized spacial score (nSPS) is 29.2. The summed E-state index contributed by atoms with van der Waals surface area (Å²) in [5, 5.41) is 4.07. The summed E-state index contributed by atoms with van der Waals surface area (Å²) in [6.45, 7) is 0.261. The molecule has 2 atom stereocenters. The molecule has 2 saturated carbocycles. The molecule has 0 saturated heterocycles. The van der Waals surface area contributed by atoms with E-state index >= 15 is 0 Å². The van der Waals surface area contributed by atoms with Crippen LogP contribution < -0.4 is 14.9 Å². The van der Waals surface area contributed by atoms with Crippen molar-refractivity contribution in [1.29, 1.82) is 0 Å². The van der Waals surface area contributed by atoms with Crippen LogP contribution in [-0.4, -0.2) is 18.9 Å². The summed E-state index contributed by atoms with van der Waals surface area (Å²) in [6.07, 6.45) is 6.59. The van der Waals surface area contributed by atoms with E-state index in [1.807, 2.05) is 18.2 Å². The molecule has 3 aliphatic rings. The van der Waals surface area contributed by atoms with Crippen molar-refractivity contribution in [1.82, 2.24) is 5.43 Å². The Morgan fingerprint density at radius 3 is 2.76 bits per heavy atom. The quantitative estimate of drug-likeness (QED) is 0.685. The van der Waals surface area contributed by atoms with E-state index in [1.165, 1.54) is 25.7 Å². The Bertz CT molecular complexity index is 587. The van der Waals surface area contributed by atoms with Crippen molar-refractivity contribution in [2.75, 3.05) is 6.79 Å². The van der Waals surface area contributed by atoms with Gasteiger partial charge in [-0.2, -0.15) is 5.10 Å². The van der Waals surface area contributed by atoms with E-state index in [1.54, 1.807) is 6.21 Å². The van der Waals surface area contributed by atoms with Crippen LogP contribution >= 0.6 is 0 Å². The van der Waals surface area contributed by atoms with Crippen molar-refractivity contribution in [3.05, 3.63) is 23.8 Å². The molecule has 0 radical (unpaired) electrons. The first-order valence-electron chi connectivity index (χ1n) is 7.55. The summed E-state index contributed by atoms with van der Waals surface area (Å²) in [7, 11) is 0. The summed E-state index contributed by atoms with van der Waals surface area (Å²) in [6, 6.07) is 5.59. The lowest BCUT2D eigenvalue weighted by Crippen LogP contribution is -2.20. The minimum Gasteiger partial charge on any atom is -0.454 e. The predicted octanol–water partition coefficient (Wildman–Crippen LogP) is 2.30. The molecule has 2 fully saturated rings. The second-order valence-electron chi connectivity index (χ2n) is 5.98. The van der Waals surface area contributed by atoms with E-state index in [4.69, 9.17) is 9.47 Å². The Kier molecular flexibility index (Phi) is 3.05. The molecule has 110 valence electrons. The molecule has 0 spiro atoms. The van der Waals surface area contributed by atoms with Crippen LogP contribution in [-0.2, 0) is 4.79 Å². The third-order valence-electron chi connectivity index (χ3n) is 4.74. The van der Waals surface area contributed by atoms with Gasteiger partial charge in [0.25, 0.3) is 0 Å². The molecule has 1 amide bonds. The maximum absolute atomic E-state index is 12.1. The SMILES string of the molecule is O=C(N/N=C/c1ccc2c(c1)OCO2)C1C2CCCCC21. The number of rotatable bonds is 3. The minimum atomic E-state index is 0.0730. The average molecular weight is 286 g/mol. The zero-order chi connectivity index (χ0) is 14.2. The highest BCUT2D eigenvalue weighted by Gasteiger charge is 2.54. The second-order valence-corrected chi connectivity index (χ2v) is 5.98. The maximum atomic E-state index is 12.1. The van der Waals surface area contributed by atoms with Crippen LogP contribution in [0.15, 0.2) is 23.3 Å². The van der Waals surface area contributed by atoms with Gasteiger partial charge in [0.05, 0.1) is 6.21 Å². The van der Waals surface area contributed by atoms with Gasteiger partial charge in [-0.05, 0) is 48.4 Å². The monoisotopic (exact) mass is 286 g/mol. The fraction of sp³-hybridized carbons (Fsp3) is 0.500. The van der Waals surface area contributed by atoms with Crippen LogP contribution in [0.25, 0.3) is 0 Å². The van der Waals surface area contributed by atoms with E-state index in [0.717, 1.165) is 17.1 Å². The Balaban J connectivity index is 1.35. The van der Waals surface area contributed by atoms with Crippen LogP contribution in [0.4, 0.5) is 0 Å². The molecule has 4 rings (SSSR count). The van der Waals surface area contributed by atoms with Crippen LogP contribution in [0.3, 0.4) is 0 Å². The third-order valence-corrected chi connectivity index (χ3v) is 4.74. The highest BCUT2D eigenvalue weighted by atomic mass is 16.7.